The van der Waals surface area contributed by atoms with Crippen molar-refractivity contribution in [2.24, 2.45) is 0 Å². The summed E-state index contributed by atoms with van der Waals surface area (Å²) in [5.74, 6) is -0.374. The fourth-order valence-electron chi connectivity index (χ4n) is 3.35. The Morgan fingerprint density at radius 1 is 1.30 bits per heavy atom. The number of hydrogen-bond acceptors (Lipinski definition) is 4. The smallest absolute Gasteiger partial charge is 0.246 e. The van der Waals surface area contributed by atoms with E-state index in [4.69, 9.17) is 0 Å². The summed E-state index contributed by atoms with van der Waals surface area (Å²) >= 11 is 0. The van der Waals surface area contributed by atoms with Gasteiger partial charge in [0.25, 0.3) is 0 Å². The van der Waals surface area contributed by atoms with E-state index < -0.39 is 9.84 Å². The number of carbonyl (C=O) groups is 2. The second-order valence-corrected chi connectivity index (χ2v) is 8.36. The molecule has 23 heavy (non-hydrogen) atoms. The maximum absolute atomic E-state index is 12.6. The predicted molar refractivity (Wildman–Crippen MR) is 86.9 cm³/mol. The minimum Gasteiger partial charge on any atom is -0.330 e. The third-order valence-corrected chi connectivity index (χ3v) is 6.30. The zero-order valence-electron chi connectivity index (χ0n) is 13.1. The zero-order valence-corrected chi connectivity index (χ0v) is 13.9. The third-order valence-electron chi connectivity index (χ3n) is 4.55. The van der Waals surface area contributed by atoms with Crippen LogP contribution in [0.2, 0.25) is 0 Å². The van der Waals surface area contributed by atoms with Gasteiger partial charge in [-0.05, 0) is 24.5 Å². The number of para-hydroxylation sites is 1. The van der Waals surface area contributed by atoms with Gasteiger partial charge in [0.1, 0.15) is 6.54 Å². The van der Waals surface area contributed by atoms with E-state index in [0.717, 1.165) is 17.7 Å². The first-order chi connectivity index (χ1) is 10.9. The largest absolute Gasteiger partial charge is 0.330 e. The van der Waals surface area contributed by atoms with E-state index in [2.05, 4.69) is 0 Å². The van der Waals surface area contributed by atoms with Gasteiger partial charge in [-0.2, -0.15) is 0 Å². The van der Waals surface area contributed by atoms with E-state index in [1.165, 1.54) is 11.8 Å². The monoisotopic (exact) mass is 336 g/mol. The van der Waals surface area contributed by atoms with Crippen LogP contribution in [-0.2, 0) is 25.8 Å². The number of rotatable bonds is 3. The fraction of sp³-hybridized carbons (Fsp3) is 0.500. The van der Waals surface area contributed by atoms with Crippen LogP contribution in [0.4, 0.5) is 5.69 Å². The van der Waals surface area contributed by atoms with Crippen molar-refractivity contribution < 1.29 is 18.0 Å². The van der Waals surface area contributed by atoms with Crippen molar-refractivity contribution in [3.8, 4) is 0 Å². The van der Waals surface area contributed by atoms with Gasteiger partial charge in [0.2, 0.25) is 11.8 Å². The molecule has 6 nitrogen and oxygen atoms in total. The number of fused-ring (bicyclic) bond motifs is 1. The Balaban J connectivity index is 1.74. The Morgan fingerprint density at radius 3 is 2.70 bits per heavy atom. The molecule has 3 rings (SSSR count). The topological polar surface area (TPSA) is 74.8 Å². The number of nitrogens with zero attached hydrogens (tertiary/aromatic N) is 2. The lowest BCUT2D eigenvalue weighted by Crippen LogP contribution is -2.47. The maximum atomic E-state index is 12.6. The van der Waals surface area contributed by atoms with E-state index in [1.54, 1.807) is 4.90 Å². The lowest BCUT2D eigenvalue weighted by Gasteiger charge is -2.28. The third kappa shape index (κ3) is 3.24. The maximum Gasteiger partial charge on any atom is 0.246 e. The van der Waals surface area contributed by atoms with Crippen LogP contribution < -0.4 is 4.90 Å². The van der Waals surface area contributed by atoms with Crippen molar-refractivity contribution >= 4 is 27.3 Å². The molecule has 1 atom stereocenters. The molecule has 2 amide bonds. The van der Waals surface area contributed by atoms with Crippen molar-refractivity contribution in [3.05, 3.63) is 29.8 Å². The van der Waals surface area contributed by atoms with Crippen LogP contribution in [-0.4, -0.2) is 55.8 Å². The van der Waals surface area contributed by atoms with E-state index in [9.17, 15) is 18.0 Å². The Hall–Kier alpha value is -1.89. The molecule has 1 aromatic rings. The molecule has 0 bridgehead atoms. The molecule has 1 fully saturated rings. The highest BCUT2D eigenvalue weighted by Gasteiger charge is 2.35. The second-order valence-electron chi connectivity index (χ2n) is 6.13. The molecule has 124 valence electrons. The molecule has 1 aromatic carbocycles. The summed E-state index contributed by atoms with van der Waals surface area (Å²) in [5, 5.41) is 0. The summed E-state index contributed by atoms with van der Waals surface area (Å²) in [6.07, 6.45) is 1.21. The average molecular weight is 336 g/mol. The van der Waals surface area contributed by atoms with Gasteiger partial charge >= 0.3 is 0 Å². The molecular weight excluding hydrogens is 316 g/mol. The van der Waals surface area contributed by atoms with Gasteiger partial charge < -0.3 is 9.80 Å². The first-order valence-corrected chi connectivity index (χ1v) is 9.55. The van der Waals surface area contributed by atoms with Crippen LogP contribution in [0.5, 0.6) is 0 Å². The first-order valence-electron chi connectivity index (χ1n) is 7.73. The van der Waals surface area contributed by atoms with Crippen LogP contribution in [0, 0.1) is 0 Å². The molecule has 2 aliphatic rings. The van der Waals surface area contributed by atoms with Gasteiger partial charge in [0, 0.05) is 25.2 Å². The number of sulfone groups is 1. The van der Waals surface area contributed by atoms with Crippen LogP contribution >= 0.6 is 0 Å². The van der Waals surface area contributed by atoms with Crippen molar-refractivity contribution in [2.45, 2.75) is 25.8 Å². The van der Waals surface area contributed by atoms with E-state index in [0.29, 0.717) is 13.0 Å². The van der Waals surface area contributed by atoms with Gasteiger partial charge in [-0.15, -0.1) is 0 Å². The second kappa shape index (κ2) is 5.96. The summed E-state index contributed by atoms with van der Waals surface area (Å²) < 4.78 is 23.3. The van der Waals surface area contributed by atoms with E-state index >= 15 is 0 Å². The quantitative estimate of drug-likeness (QED) is 0.811. The van der Waals surface area contributed by atoms with Crippen molar-refractivity contribution in [3.63, 3.8) is 0 Å². The number of anilines is 1. The van der Waals surface area contributed by atoms with Crippen molar-refractivity contribution in [2.75, 3.05) is 29.5 Å². The van der Waals surface area contributed by atoms with Gasteiger partial charge in [-0.25, -0.2) is 8.42 Å². The Kier molecular flexibility index (Phi) is 4.14. The lowest BCUT2D eigenvalue weighted by molar-refractivity contribution is -0.135. The van der Waals surface area contributed by atoms with E-state index in [-0.39, 0.29) is 35.9 Å². The molecule has 1 unspecified atom stereocenters. The van der Waals surface area contributed by atoms with Crippen molar-refractivity contribution in [1.29, 1.82) is 0 Å². The molecule has 0 N–H and O–H groups in total. The first kappa shape index (κ1) is 16.0. The number of carbonyl (C=O) groups excluding carboxylic acids is 2. The Bertz CT molecular complexity index is 744. The molecule has 7 heteroatoms. The SMILES string of the molecule is CC(=O)N(CC(=O)N1CCc2ccccc21)C1CCS(=O)(=O)C1. The van der Waals surface area contributed by atoms with Gasteiger partial charge in [0.15, 0.2) is 9.84 Å². The summed E-state index contributed by atoms with van der Waals surface area (Å²) in [7, 11) is -3.10. The molecule has 0 spiro atoms. The summed E-state index contributed by atoms with van der Waals surface area (Å²) in [4.78, 5) is 27.6. The standard InChI is InChI=1S/C16H20N2O4S/c1-12(19)18(14-7-9-23(21,22)11-14)10-16(20)17-8-6-13-4-2-3-5-15(13)17/h2-5,14H,6-11H2,1H3. The molecular formula is C16H20N2O4S. The zero-order chi connectivity index (χ0) is 16.6. The normalized spacial score (nSPS) is 22.0. The number of benzene rings is 1. The Morgan fingerprint density at radius 2 is 2.04 bits per heavy atom. The minimum atomic E-state index is -3.10. The summed E-state index contributed by atoms with van der Waals surface area (Å²) in [6, 6.07) is 7.33. The lowest BCUT2D eigenvalue weighted by atomic mass is 10.2. The van der Waals surface area contributed by atoms with Crippen molar-refractivity contribution in [1.82, 2.24) is 4.90 Å². The van der Waals surface area contributed by atoms with Gasteiger partial charge in [-0.3, -0.25) is 9.59 Å². The van der Waals surface area contributed by atoms with Gasteiger partial charge in [0.05, 0.1) is 11.5 Å². The molecule has 1 saturated heterocycles. The highest BCUT2D eigenvalue weighted by Crippen LogP contribution is 2.28. The number of hydrogen-bond donors (Lipinski definition) is 0. The highest BCUT2D eigenvalue weighted by molar-refractivity contribution is 7.91. The summed E-state index contributed by atoms with van der Waals surface area (Å²) in [5.41, 5.74) is 2.01. The van der Waals surface area contributed by atoms with Crippen LogP contribution in [0.15, 0.2) is 24.3 Å². The molecule has 2 heterocycles. The molecule has 2 aliphatic heterocycles. The van der Waals surface area contributed by atoms with Crippen LogP contribution in [0.1, 0.15) is 18.9 Å². The molecule has 0 aliphatic carbocycles. The van der Waals surface area contributed by atoms with E-state index in [1.807, 2.05) is 24.3 Å². The molecule has 0 aromatic heterocycles. The minimum absolute atomic E-state index is 0.0452. The van der Waals surface area contributed by atoms with Gasteiger partial charge in [-0.1, -0.05) is 18.2 Å². The molecule has 0 saturated carbocycles. The fourth-order valence-corrected chi connectivity index (χ4v) is 5.08. The average Bonchev–Trinajstić information content (AvgIpc) is 3.07. The predicted octanol–water partition coefficient (Wildman–Crippen LogP) is 0.611. The van der Waals surface area contributed by atoms with Crippen LogP contribution in [0.3, 0.4) is 0 Å². The number of amides is 2. The molecule has 0 radical (unpaired) electrons. The van der Waals surface area contributed by atoms with Crippen LogP contribution in [0.25, 0.3) is 0 Å². The Labute approximate surface area is 136 Å². The highest BCUT2D eigenvalue weighted by atomic mass is 32.2. The summed E-state index contributed by atoms with van der Waals surface area (Å²) in [6.45, 7) is 1.92.